The third kappa shape index (κ3) is 10.4. The Labute approximate surface area is 399 Å². The van der Waals surface area contributed by atoms with Gasteiger partial charge in [0, 0.05) is 34.1 Å². The molecule has 4 nitrogen and oxygen atoms in total. The zero-order chi connectivity index (χ0) is 47.1. The number of benzene rings is 6. The fourth-order valence-corrected chi connectivity index (χ4v) is 9.20. The summed E-state index contributed by atoms with van der Waals surface area (Å²) in [5.74, 6) is 0.570. The van der Waals surface area contributed by atoms with Crippen molar-refractivity contribution in [3.8, 4) is 44.5 Å². The van der Waals surface area contributed by atoms with Crippen LogP contribution in [0, 0.1) is 0 Å². The summed E-state index contributed by atoms with van der Waals surface area (Å²) in [5.41, 5.74) is 18.1. The van der Waals surface area contributed by atoms with Gasteiger partial charge in [-0.25, -0.2) is 9.98 Å². The molecule has 2 heterocycles. The molecule has 8 rings (SSSR count). The maximum atomic E-state index is 5.37. The molecule has 0 aliphatic carbocycles. The van der Waals surface area contributed by atoms with Crippen molar-refractivity contribution in [2.75, 3.05) is 7.05 Å². The van der Waals surface area contributed by atoms with Gasteiger partial charge in [0.1, 0.15) is 0 Å². The van der Waals surface area contributed by atoms with Crippen molar-refractivity contribution in [2.24, 2.45) is 9.98 Å². The van der Waals surface area contributed by atoms with Gasteiger partial charge in [0.25, 0.3) is 0 Å². The van der Waals surface area contributed by atoms with Crippen LogP contribution in [0.15, 0.2) is 217 Å². The number of amidine groups is 1. The van der Waals surface area contributed by atoms with Crippen molar-refractivity contribution >= 4 is 22.8 Å². The predicted molar refractivity (Wildman–Crippen MR) is 287 cm³/mol. The molecule has 1 aromatic heterocycles. The van der Waals surface area contributed by atoms with Crippen molar-refractivity contribution in [1.29, 1.82) is 0 Å². The average Bonchev–Trinajstić information content (AvgIpc) is 3.52. The van der Waals surface area contributed by atoms with E-state index < -0.39 is 0 Å². The summed E-state index contributed by atoms with van der Waals surface area (Å²) in [7, 11) is 2.23. The molecule has 0 spiro atoms. The first-order valence-corrected chi connectivity index (χ1v) is 23.4. The largest absolute Gasteiger partial charge is 0.292 e. The third-order valence-corrected chi connectivity index (χ3v) is 13.5. The number of allylic oxidation sites excluding steroid dienone is 4. The molecule has 1 aliphatic heterocycles. The van der Waals surface area contributed by atoms with E-state index in [-0.39, 0.29) is 11.1 Å². The lowest BCUT2D eigenvalue weighted by Gasteiger charge is -2.36. The van der Waals surface area contributed by atoms with E-state index in [2.05, 4.69) is 237 Å². The van der Waals surface area contributed by atoms with Crippen molar-refractivity contribution in [2.45, 2.75) is 71.9 Å². The van der Waals surface area contributed by atoms with Gasteiger partial charge in [-0.15, -0.1) is 6.58 Å². The number of pyridine rings is 1. The maximum Gasteiger partial charge on any atom is 0.161 e. The fraction of sp³-hybridized carbons (Fsp3) is 0.190. The van der Waals surface area contributed by atoms with Gasteiger partial charge in [0.05, 0.1) is 11.4 Å². The van der Waals surface area contributed by atoms with Crippen LogP contribution in [0.3, 0.4) is 0 Å². The Bertz CT molecular complexity index is 3050. The van der Waals surface area contributed by atoms with Crippen molar-refractivity contribution in [3.63, 3.8) is 0 Å². The lowest BCUT2D eigenvalue weighted by molar-refractivity contribution is 0.123. The second-order valence-corrected chi connectivity index (χ2v) is 18.7. The Hall–Kier alpha value is -7.27. The monoisotopic (exact) mass is 874 g/mol. The topological polar surface area (TPSA) is 40.9 Å². The van der Waals surface area contributed by atoms with Crippen molar-refractivity contribution < 1.29 is 0 Å². The SMILES string of the molecule is C=CC/C(=C\C=C1/CC(C)(C)N(C)C1(C)C)c1cc(CC)c(C(=N/C(=C)c2cccc(-c3cccc(-c4ccccc4)c3)c2)/N=C(\C)c2cccc(-c3cccc(-c4ccccc4)c3)c2)cn1. The predicted octanol–water partition coefficient (Wildman–Crippen LogP) is 16.0. The van der Waals surface area contributed by atoms with Crippen LogP contribution in [0.2, 0.25) is 0 Å². The zero-order valence-corrected chi connectivity index (χ0v) is 40.2. The minimum Gasteiger partial charge on any atom is -0.292 e. The highest BCUT2D eigenvalue weighted by Gasteiger charge is 2.45. The number of hydrogen-bond donors (Lipinski definition) is 0. The minimum atomic E-state index is -0.0494. The van der Waals surface area contributed by atoms with Crippen LogP contribution in [0.5, 0.6) is 0 Å². The number of likely N-dealkylation sites (tertiary alicyclic amines) is 1. The summed E-state index contributed by atoms with van der Waals surface area (Å²) in [6.45, 7) is 22.2. The molecular formula is C63H62N4. The van der Waals surface area contributed by atoms with Gasteiger partial charge >= 0.3 is 0 Å². The Balaban J connectivity index is 1.19. The standard InChI is InChI=1S/C63H62N4/c1-10-22-49(35-36-58-42-62(5,6)67(9)63(58,7)8)60-41-46(11-2)59(43-64-60)61(65-44(3)50-27-18-31-54(37-50)56-33-20-29-52(39-56)47-23-14-12-15-24-47)66-45(4)51-28-19-32-55(38-51)57-34-21-30-53(40-57)48-25-16-13-17-26-48/h10,12-21,23-41,43H,1,3,11,22,42H2,2,4-9H3/b49-35+,58-36+,65-61-,66-45+. The highest BCUT2D eigenvalue weighted by atomic mass is 15.2. The molecule has 0 saturated carbocycles. The molecule has 0 radical (unpaired) electrons. The van der Waals surface area contributed by atoms with Gasteiger partial charge in [-0.3, -0.25) is 9.88 Å². The van der Waals surface area contributed by atoms with E-state index in [4.69, 9.17) is 15.0 Å². The second kappa shape index (κ2) is 20.1. The molecule has 0 bridgehead atoms. The van der Waals surface area contributed by atoms with Gasteiger partial charge in [-0.05, 0) is 158 Å². The van der Waals surface area contributed by atoms with Crippen LogP contribution in [0.4, 0.5) is 0 Å². The highest BCUT2D eigenvalue weighted by Crippen LogP contribution is 2.43. The number of nitrogens with zero attached hydrogens (tertiary/aromatic N) is 4. The first-order chi connectivity index (χ1) is 32.3. The number of aryl methyl sites for hydroxylation is 1. The first kappa shape index (κ1) is 46.3. The van der Waals surface area contributed by atoms with Crippen molar-refractivity contribution in [3.05, 3.63) is 235 Å². The third-order valence-electron chi connectivity index (χ3n) is 13.5. The smallest absolute Gasteiger partial charge is 0.161 e. The van der Waals surface area contributed by atoms with Crippen molar-refractivity contribution in [1.82, 2.24) is 9.88 Å². The average molecular weight is 875 g/mol. The molecule has 4 heteroatoms. The molecule has 0 amide bonds. The molecule has 6 aromatic carbocycles. The number of rotatable bonds is 13. The van der Waals surface area contributed by atoms with E-state index in [0.29, 0.717) is 18.0 Å². The van der Waals surface area contributed by atoms with Gasteiger partial charge < -0.3 is 0 Å². The van der Waals surface area contributed by atoms with Gasteiger partial charge in [-0.1, -0.05) is 165 Å². The van der Waals surface area contributed by atoms with Gasteiger partial charge in [0.15, 0.2) is 5.84 Å². The van der Waals surface area contributed by atoms with E-state index in [9.17, 15) is 0 Å². The number of aliphatic imine (C=N–C) groups is 2. The summed E-state index contributed by atoms with van der Waals surface area (Å²) in [6, 6.07) is 57.7. The van der Waals surface area contributed by atoms with Crippen LogP contribution in [-0.4, -0.2) is 39.6 Å². The highest BCUT2D eigenvalue weighted by molar-refractivity contribution is 6.13. The first-order valence-electron chi connectivity index (χ1n) is 23.4. The van der Waals surface area contributed by atoms with E-state index in [1.54, 1.807) is 0 Å². The molecule has 7 aromatic rings. The normalized spacial score (nSPS) is 15.7. The molecular weight excluding hydrogens is 813 g/mol. The Morgan fingerprint density at radius 2 is 1.13 bits per heavy atom. The molecule has 1 saturated heterocycles. The quantitative estimate of drug-likeness (QED) is 0.0658. The Morgan fingerprint density at radius 1 is 0.642 bits per heavy atom. The van der Waals surface area contributed by atoms with E-state index in [1.165, 1.54) is 27.8 Å². The summed E-state index contributed by atoms with van der Waals surface area (Å²) in [6.07, 6.45) is 10.9. The molecule has 0 N–H and O–H groups in total. The zero-order valence-electron chi connectivity index (χ0n) is 40.2. The van der Waals surface area contributed by atoms with E-state index >= 15 is 0 Å². The van der Waals surface area contributed by atoms with Crippen LogP contribution >= 0.6 is 0 Å². The van der Waals surface area contributed by atoms with E-state index in [0.717, 1.165) is 74.3 Å². The summed E-state index contributed by atoms with van der Waals surface area (Å²) in [5, 5.41) is 0. The lowest BCUT2D eigenvalue weighted by Crippen LogP contribution is -2.45. The summed E-state index contributed by atoms with van der Waals surface area (Å²) < 4.78 is 0. The minimum absolute atomic E-state index is 0.0494. The van der Waals surface area contributed by atoms with Gasteiger partial charge in [-0.2, -0.15) is 0 Å². The fourth-order valence-electron chi connectivity index (χ4n) is 9.20. The van der Waals surface area contributed by atoms with Crippen LogP contribution < -0.4 is 0 Å². The molecule has 334 valence electrons. The van der Waals surface area contributed by atoms with Crippen LogP contribution in [0.1, 0.15) is 82.3 Å². The molecule has 67 heavy (non-hydrogen) atoms. The number of hydrogen-bond acceptors (Lipinski definition) is 3. The Morgan fingerprint density at radius 3 is 1.66 bits per heavy atom. The molecule has 1 fully saturated rings. The molecule has 0 unspecified atom stereocenters. The maximum absolute atomic E-state index is 5.37. The molecule has 0 atom stereocenters. The molecule has 1 aliphatic rings. The number of aromatic nitrogens is 1. The second-order valence-electron chi connectivity index (χ2n) is 18.7. The van der Waals surface area contributed by atoms with Crippen LogP contribution in [0.25, 0.3) is 55.8 Å². The number of likely N-dealkylation sites (N-methyl/N-ethyl adjacent to an activating group) is 1. The Kier molecular flexibility index (Phi) is 13.9. The van der Waals surface area contributed by atoms with E-state index in [1.807, 2.05) is 18.3 Å². The summed E-state index contributed by atoms with van der Waals surface area (Å²) >= 11 is 0. The van der Waals surface area contributed by atoms with Crippen LogP contribution in [-0.2, 0) is 6.42 Å². The van der Waals surface area contributed by atoms with Gasteiger partial charge in [0.2, 0.25) is 0 Å². The lowest BCUT2D eigenvalue weighted by atomic mass is 9.92. The summed E-state index contributed by atoms with van der Waals surface area (Å²) in [4.78, 5) is 18.3.